The van der Waals surface area contributed by atoms with Crippen LogP contribution in [0.1, 0.15) is 53.6 Å². The van der Waals surface area contributed by atoms with E-state index in [1.54, 1.807) is 10.8 Å². The summed E-state index contributed by atoms with van der Waals surface area (Å²) < 4.78 is 7.20. The van der Waals surface area contributed by atoms with Gasteiger partial charge in [-0.25, -0.2) is 9.50 Å². The molecule has 1 saturated heterocycles. The molecule has 0 N–H and O–H groups in total. The summed E-state index contributed by atoms with van der Waals surface area (Å²) in [4.78, 5) is 23.7. The maximum absolute atomic E-state index is 13.1. The molecule has 130 valence electrons. The van der Waals surface area contributed by atoms with E-state index >= 15 is 0 Å². The first-order valence-electron chi connectivity index (χ1n) is 8.58. The van der Waals surface area contributed by atoms with Gasteiger partial charge in [-0.15, -0.1) is 5.10 Å². The van der Waals surface area contributed by atoms with Crippen LogP contribution in [0.25, 0.3) is 5.78 Å². The first kappa shape index (κ1) is 15.8. The van der Waals surface area contributed by atoms with E-state index in [9.17, 15) is 4.79 Å². The number of furan rings is 1. The van der Waals surface area contributed by atoms with E-state index in [2.05, 4.69) is 22.0 Å². The topological polar surface area (TPSA) is 76.5 Å². The molecule has 0 saturated carbocycles. The maximum Gasteiger partial charge on any atom is 0.294 e. The van der Waals surface area contributed by atoms with Crippen LogP contribution < -0.4 is 0 Å². The average Bonchev–Trinajstić information content (AvgIpc) is 3.23. The van der Waals surface area contributed by atoms with Gasteiger partial charge in [0.15, 0.2) is 0 Å². The van der Waals surface area contributed by atoms with E-state index in [1.807, 2.05) is 36.9 Å². The molecule has 2 atom stereocenters. The van der Waals surface area contributed by atoms with Crippen molar-refractivity contribution < 1.29 is 9.21 Å². The molecule has 7 heteroatoms. The number of likely N-dealkylation sites (tertiary alicyclic amines) is 1. The van der Waals surface area contributed by atoms with Crippen LogP contribution in [0.3, 0.4) is 0 Å². The summed E-state index contributed by atoms with van der Waals surface area (Å²) >= 11 is 0. The lowest BCUT2D eigenvalue weighted by molar-refractivity contribution is 0.0509. The van der Waals surface area contributed by atoms with Crippen LogP contribution in [0.2, 0.25) is 0 Å². The lowest BCUT2D eigenvalue weighted by atomic mass is 9.91. The molecule has 0 aliphatic carbocycles. The van der Waals surface area contributed by atoms with Crippen molar-refractivity contribution in [1.82, 2.24) is 24.5 Å². The Hall–Kier alpha value is -2.70. The Morgan fingerprint density at radius 2 is 2.16 bits per heavy atom. The van der Waals surface area contributed by atoms with Gasteiger partial charge in [0.1, 0.15) is 5.76 Å². The summed E-state index contributed by atoms with van der Waals surface area (Å²) in [5.74, 6) is 1.83. The minimum atomic E-state index is -0.171. The highest BCUT2D eigenvalue weighted by atomic mass is 16.3. The maximum atomic E-state index is 13.1. The predicted octanol–water partition coefficient (Wildman–Crippen LogP) is 2.95. The van der Waals surface area contributed by atoms with Gasteiger partial charge < -0.3 is 9.32 Å². The number of piperidine rings is 1. The number of aromatic nitrogens is 4. The van der Waals surface area contributed by atoms with Gasteiger partial charge >= 0.3 is 0 Å². The quantitative estimate of drug-likeness (QED) is 0.717. The molecule has 25 heavy (non-hydrogen) atoms. The second-order valence-electron chi connectivity index (χ2n) is 6.85. The van der Waals surface area contributed by atoms with Crippen LogP contribution in [0.5, 0.6) is 0 Å². The summed E-state index contributed by atoms with van der Waals surface area (Å²) in [6.07, 6.45) is 3.49. The van der Waals surface area contributed by atoms with Crippen molar-refractivity contribution >= 4 is 11.7 Å². The number of fused-ring (bicyclic) bond motifs is 1. The molecule has 1 amide bonds. The van der Waals surface area contributed by atoms with Gasteiger partial charge in [0.2, 0.25) is 5.82 Å². The van der Waals surface area contributed by atoms with E-state index in [-0.39, 0.29) is 17.8 Å². The number of hydrogen-bond donors (Lipinski definition) is 0. The molecule has 3 aromatic rings. The number of carbonyl (C=O) groups is 1. The van der Waals surface area contributed by atoms with E-state index in [0.29, 0.717) is 18.2 Å². The Morgan fingerprint density at radius 3 is 2.92 bits per heavy atom. The van der Waals surface area contributed by atoms with Gasteiger partial charge in [0.25, 0.3) is 11.7 Å². The summed E-state index contributed by atoms with van der Waals surface area (Å²) in [7, 11) is 0. The molecule has 4 rings (SSSR count). The Balaban J connectivity index is 1.70. The monoisotopic (exact) mass is 339 g/mol. The molecule has 1 aliphatic rings. The molecule has 0 unspecified atom stereocenters. The number of rotatable bonds is 2. The second-order valence-corrected chi connectivity index (χ2v) is 6.85. The minimum Gasteiger partial charge on any atom is -0.467 e. The number of nitrogens with zero attached hydrogens (tertiary/aromatic N) is 5. The first-order valence-corrected chi connectivity index (χ1v) is 8.58. The van der Waals surface area contributed by atoms with E-state index < -0.39 is 0 Å². The first-order chi connectivity index (χ1) is 12.0. The van der Waals surface area contributed by atoms with Crippen LogP contribution in [0, 0.1) is 19.8 Å². The number of hydrogen-bond acceptors (Lipinski definition) is 5. The SMILES string of the molecule is Cc1cc(C)n2nc(C(=O)N3CC[C@@H](C)C[C@@H]3c3ccco3)nc2n1. The van der Waals surface area contributed by atoms with Gasteiger partial charge in [0, 0.05) is 17.9 Å². The molecule has 0 spiro atoms. The van der Waals surface area contributed by atoms with Crippen LogP contribution in [-0.2, 0) is 0 Å². The van der Waals surface area contributed by atoms with Gasteiger partial charge in [-0.2, -0.15) is 4.98 Å². The van der Waals surface area contributed by atoms with Crippen molar-refractivity contribution in [3.05, 3.63) is 47.4 Å². The second kappa shape index (κ2) is 5.98. The fraction of sp³-hybridized carbons (Fsp3) is 0.444. The lowest BCUT2D eigenvalue weighted by Crippen LogP contribution is -2.41. The Bertz CT molecular complexity index is 915. The smallest absolute Gasteiger partial charge is 0.294 e. The van der Waals surface area contributed by atoms with Crippen molar-refractivity contribution in [2.75, 3.05) is 6.54 Å². The zero-order valence-corrected chi connectivity index (χ0v) is 14.6. The Morgan fingerprint density at radius 1 is 1.32 bits per heavy atom. The third-order valence-corrected chi connectivity index (χ3v) is 4.81. The average molecular weight is 339 g/mol. The highest BCUT2D eigenvalue weighted by molar-refractivity contribution is 5.91. The highest BCUT2D eigenvalue weighted by Crippen LogP contribution is 2.35. The fourth-order valence-electron chi connectivity index (χ4n) is 3.52. The molecule has 0 bridgehead atoms. The molecular formula is C18H21N5O2. The van der Waals surface area contributed by atoms with E-state index in [1.165, 1.54) is 0 Å². The highest BCUT2D eigenvalue weighted by Gasteiger charge is 2.35. The molecule has 1 fully saturated rings. The Labute approximate surface area is 145 Å². The van der Waals surface area contributed by atoms with Gasteiger partial charge in [-0.05, 0) is 50.8 Å². The third-order valence-electron chi connectivity index (χ3n) is 4.81. The predicted molar refractivity (Wildman–Crippen MR) is 91.1 cm³/mol. The van der Waals surface area contributed by atoms with Crippen LogP contribution in [0.4, 0.5) is 0 Å². The van der Waals surface area contributed by atoms with Gasteiger partial charge in [-0.3, -0.25) is 4.79 Å². The largest absolute Gasteiger partial charge is 0.467 e. The van der Waals surface area contributed by atoms with Crippen molar-refractivity contribution in [2.24, 2.45) is 5.92 Å². The Kier molecular flexibility index (Phi) is 3.78. The molecular weight excluding hydrogens is 318 g/mol. The number of aryl methyl sites for hydroxylation is 2. The number of amides is 1. The summed E-state index contributed by atoms with van der Waals surface area (Å²) in [5.41, 5.74) is 1.76. The van der Waals surface area contributed by atoms with Crippen molar-refractivity contribution in [3.8, 4) is 0 Å². The molecule has 7 nitrogen and oxygen atoms in total. The normalized spacial score (nSPS) is 21.0. The fourth-order valence-corrected chi connectivity index (χ4v) is 3.52. The van der Waals surface area contributed by atoms with Gasteiger partial charge in [-0.1, -0.05) is 6.92 Å². The molecule has 3 aromatic heterocycles. The van der Waals surface area contributed by atoms with Crippen LogP contribution in [0.15, 0.2) is 28.9 Å². The van der Waals surface area contributed by atoms with E-state index in [4.69, 9.17) is 4.42 Å². The summed E-state index contributed by atoms with van der Waals surface area (Å²) in [6, 6.07) is 5.63. The molecule has 0 radical (unpaired) electrons. The molecule has 0 aromatic carbocycles. The summed E-state index contributed by atoms with van der Waals surface area (Å²) in [6.45, 7) is 6.71. The lowest BCUT2D eigenvalue weighted by Gasteiger charge is -2.36. The van der Waals surface area contributed by atoms with Gasteiger partial charge in [0.05, 0.1) is 12.3 Å². The van der Waals surface area contributed by atoms with Crippen LogP contribution >= 0.6 is 0 Å². The molecule has 4 heterocycles. The van der Waals surface area contributed by atoms with Crippen LogP contribution in [-0.4, -0.2) is 36.9 Å². The third kappa shape index (κ3) is 2.79. The zero-order chi connectivity index (χ0) is 17.6. The standard InChI is InChI=1S/C18H21N5O2/c1-11-6-7-22(14(9-11)15-5-4-8-25-15)17(24)16-20-18-19-12(2)10-13(3)23(18)21-16/h4-5,8,10-11,14H,6-7,9H2,1-3H3/t11-,14-/m1/s1. The van der Waals surface area contributed by atoms with Crippen molar-refractivity contribution in [1.29, 1.82) is 0 Å². The van der Waals surface area contributed by atoms with E-state index in [0.717, 1.165) is 30.0 Å². The number of carbonyl (C=O) groups excluding carboxylic acids is 1. The summed E-state index contributed by atoms with van der Waals surface area (Å²) in [5, 5.41) is 4.38. The zero-order valence-electron chi connectivity index (χ0n) is 14.6. The molecule has 1 aliphatic heterocycles. The van der Waals surface area contributed by atoms with Crippen molar-refractivity contribution in [2.45, 2.75) is 39.7 Å². The minimum absolute atomic E-state index is 0.0753. The van der Waals surface area contributed by atoms with Crippen molar-refractivity contribution in [3.63, 3.8) is 0 Å².